The van der Waals surface area contributed by atoms with Gasteiger partial charge in [0.15, 0.2) is 11.6 Å². The van der Waals surface area contributed by atoms with Crippen LogP contribution >= 0.6 is 0 Å². The molecule has 0 saturated heterocycles. The zero-order valence-corrected chi connectivity index (χ0v) is 12.8. The van der Waals surface area contributed by atoms with Gasteiger partial charge in [-0.25, -0.2) is 13.2 Å². The molecule has 4 nitrogen and oxygen atoms in total. The molecule has 0 amide bonds. The van der Waals surface area contributed by atoms with Gasteiger partial charge in [-0.05, 0) is 0 Å². The summed E-state index contributed by atoms with van der Waals surface area (Å²) in [5.74, 6) is -10.2. The predicted octanol–water partition coefficient (Wildman–Crippen LogP) is -7.16. The molecule has 1 rings (SSSR count). The number of rotatable bonds is 2. The van der Waals surface area contributed by atoms with Gasteiger partial charge < -0.3 is 19.8 Å². The molecule has 1 aromatic rings. The first-order chi connectivity index (χ1) is 6.86. The molecule has 0 radical (unpaired) electrons. The number of hydrogen-bond donors (Lipinski definition) is 0. The van der Waals surface area contributed by atoms with E-state index in [1.165, 1.54) is 0 Å². The van der Waals surface area contributed by atoms with Gasteiger partial charge in [-0.1, -0.05) is 0 Å². The van der Waals surface area contributed by atoms with Gasteiger partial charge in [-0.2, -0.15) is 0 Å². The van der Waals surface area contributed by atoms with Gasteiger partial charge in [-0.15, -0.1) is 0 Å². The quantitative estimate of drug-likeness (QED) is 0.392. The molecule has 80 valence electrons. The number of carbonyl (C=O) groups is 2. The fraction of sp³-hybridized carbons (Fsp3) is 0. The largest absolute Gasteiger partial charge is 1.00 e. The van der Waals surface area contributed by atoms with E-state index in [-0.39, 0.29) is 65.2 Å². The van der Waals surface area contributed by atoms with Crippen molar-refractivity contribution < 1.29 is 92.1 Å². The summed E-state index contributed by atoms with van der Waals surface area (Å²) in [6, 6.07) is -0.0904. The maximum absolute atomic E-state index is 12.8. The summed E-state index contributed by atoms with van der Waals surface area (Å²) in [7, 11) is 0. The van der Waals surface area contributed by atoms with Gasteiger partial charge in [0.1, 0.15) is 5.82 Å². The molecule has 0 atom stereocenters. The Hall–Kier alpha value is -0.0500. The summed E-state index contributed by atoms with van der Waals surface area (Å²) in [6.07, 6.45) is 0. The van der Waals surface area contributed by atoms with Crippen LogP contribution in [0.3, 0.4) is 0 Å². The minimum Gasteiger partial charge on any atom is -0.545 e. The number of halogens is 3. The molecule has 0 aliphatic heterocycles. The molecule has 0 aliphatic carbocycles. The van der Waals surface area contributed by atoms with Crippen LogP contribution in [0.5, 0.6) is 0 Å². The number of aromatic carboxylic acids is 2. The average molecular weight is 264 g/mol. The van der Waals surface area contributed by atoms with Crippen molar-refractivity contribution in [3.63, 3.8) is 0 Å². The first-order valence-electron chi connectivity index (χ1n) is 3.46. The molecule has 0 N–H and O–H groups in total. The SMILES string of the molecule is O=C([O-])c1c(F)cc(F)c(F)c1C(=O)[O-].[Na+].[Na+]. The molecule has 0 unspecified atom stereocenters. The van der Waals surface area contributed by atoms with E-state index < -0.39 is 40.5 Å². The third-order valence-electron chi connectivity index (χ3n) is 1.58. The minimum absolute atomic E-state index is 0. The fourth-order valence-corrected chi connectivity index (χ4v) is 0.987. The van der Waals surface area contributed by atoms with Crippen molar-refractivity contribution in [2.75, 3.05) is 0 Å². The number of carboxylic acids is 2. The van der Waals surface area contributed by atoms with E-state index in [1.54, 1.807) is 0 Å². The predicted molar refractivity (Wildman–Crippen MR) is 35.0 cm³/mol. The maximum Gasteiger partial charge on any atom is 1.00 e. The van der Waals surface area contributed by atoms with Crippen molar-refractivity contribution in [2.24, 2.45) is 0 Å². The first-order valence-corrected chi connectivity index (χ1v) is 3.46. The summed E-state index contributed by atoms with van der Waals surface area (Å²) >= 11 is 0. The van der Waals surface area contributed by atoms with Gasteiger partial charge in [-0.3, -0.25) is 0 Å². The fourth-order valence-electron chi connectivity index (χ4n) is 0.987. The van der Waals surface area contributed by atoms with Crippen LogP contribution in [0.4, 0.5) is 13.2 Å². The summed E-state index contributed by atoms with van der Waals surface area (Å²) in [4.78, 5) is 20.6. The van der Waals surface area contributed by atoms with E-state index in [4.69, 9.17) is 0 Å². The van der Waals surface area contributed by atoms with Gasteiger partial charge in [0.2, 0.25) is 0 Å². The smallest absolute Gasteiger partial charge is 0.545 e. The molecule has 0 fully saturated rings. The molecular formula is C8HF3Na2O4. The molecule has 1 aromatic carbocycles. The Morgan fingerprint density at radius 3 is 1.65 bits per heavy atom. The maximum atomic E-state index is 12.8. The Morgan fingerprint density at radius 2 is 1.29 bits per heavy atom. The van der Waals surface area contributed by atoms with Crippen LogP contribution in [-0.4, -0.2) is 11.9 Å². The van der Waals surface area contributed by atoms with Crippen LogP contribution in [0, 0.1) is 17.5 Å². The number of carboxylic acid groups (broad SMARTS) is 2. The van der Waals surface area contributed by atoms with Crippen molar-refractivity contribution >= 4 is 11.9 Å². The van der Waals surface area contributed by atoms with Crippen LogP contribution in [0.1, 0.15) is 20.7 Å². The van der Waals surface area contributed by atoms with Gasteiger partial charge >= 0.3 is 59.1 Å². The first kappa shape index (κ1) is 19.3. The molecule has 9 heteroatoms. The number of benzene rings is 1. The van der Waals surface area contributed by atoms with Crippen molar-refractivity contribution in [3.05, 3.63) is 34.6 Å². The Kier molecular flexibility index (Phi) is 8.40. The minimum atomic E-state index is -2.34. The summed E-state index contributed by atoms with van der Waals surface area (Å²) in [5.41, 5.74) is -3.28. The number of hydrogen-bond acceptors (Lipinski definition) is 4. The second kappa shape index (κ2) is 7.40. The third-order valence-corrected chi connectivity index (χ3v) is 1.58. The van der Waals surface area contributed by atoms with Gasteiger partial charge in [0, 0.05) is 17.2 Å². The Balaban J connectivity index is 0. The second-order valence-corrected chi connectivity index (χ2v) is 2.48. The van der Waals surface area contributed by atoms with Crippen LogP contribution < -0.4 is 69.3 Å². The zero-order valence-electron chi connectivity index (χ0n) is 8.84. The normalized spacial score (nSPS) is 8.88. The Bertz CT molecular complexity index is 465. The summed E-state index contributed by atoms with van der Waals surface area (Å²) in [5, 5.41) is 20.6. The van der Waals surface area contributed by atoms with Crippen LogP contribution in [0.15, 0.2) is 6.07 Å². The summed E-state index contributed by atoms with van der Waals surface area (Å²) < 4.78 is 38.1. The topological polar surface area (TPSA) is 80.3 Å². The second-order valence-electron chi connectivity index (χ2n) is 2.48. The van der Waals surface area contributed by atoms with Crippen molar-refractivity contribution in [2.45, 2.75) is 0 Å². The monoisotopic (exact) mass is 264 g/mol. The van der Waals surface area contributed by atoms with Crippen molar-refractivity contribution in [1.29, 1.82) is 0 Å². The molecule has 0 spiro atoms. The van der Waals surface area contributed by atoms with E-state index in [0.717, 1.165) is 0 Å². The average Bonchev–Trinajstić information content (AvgIpc) is 2.09. The number of carbonyl (C=O) groups excluding carboxylic acids is 2. The molecule has 0 heterocycles. The van der Waals surface area contributed by atoms with Gasteiger partial charge in [0.25, 0.3) is 0 Å². The molecule has 0 aliphatic rings. The molecular weight excluding hydrogens is 263 g/mol. The van der Waals surface area contributed by atoms with Crippen molar-refractivity contribution in [1.82, 2.24) is 0 Å². The van der Waals surface area contributed by atoms with E-state index >= 15 is 0 Å². The van der Waals surface area contributed by atoms with Crippen LogP contribution in [0.2, 0.25) is 0 Å². The summed E-state index contributed by atoms with van der Waals surface area (Å²) in [6.45, 7) is 0. The zero-order chi connectivity index (χ0) is 11.7. The van der Waals surface area contributed by atoms with Crippen LogP contribution in [0.25, 0.3) is 0 Å². The van der Waals surface area contributed by atoms with Crippen LogP contribution in [-0.2, 0) is 0 Å². The van der Waals surface area contributed by atoms with Crippen molar-refractivity contribution in [3.8, 4) is 0 Å². The third kappa shape index (κ3) is 3.97. The molecule has 0 aromatic heterocycles. The molecule has 0 bridgehead atoms. The van der Waals surface area contributed by atoms with E-state index in [0.29, 0.717) is 0 Å². The Morgan fingerprint density at radius 1 is 0.882 bits per heavy atom. The molecule has 0 saturated carbocycles. The molecule has 17 heavy (non-hydrogen) atoms. The van der Waals surface area contributed by atoms with E-state index in [9.17, 15) is 33.0 Å². The standard InChI is InChI=1S/C8H3F3O4.2Na/c9-2-1-3(10)6(11)5(8(14)15)4(2)7(12)13;;/h1H,(H,12,13)(H,14,15);;/q;2*+1/p-2. The van der Waals surface area contributed by atoms with E-state index in [2.05, 4.69) is 0 Å². The Labute approximate surface area is 137 Å². The van der Waals surface area contributed by atoms with E-state index in [1.807, 2.05) is 0 Å². The van der Waals surface area contributed by atoms with Gasteiger partial charge in [0.05, 0.1) is 11.9 Å².